The fourth-order valence-electron chi connectivity index (χ4n) is 2.28. The number of sulfone groups is 1. The van der Waals surface area contributed by atoms with Gasteiger partial charge >= 0.3 is 11.9 Å². The topological polar surface area (TPSA) is 167 Å². The molecule has 2 aromatic rings. The van der Waals surface area contributed by atoms with Gasteiger partial charge in [0.2, 0.25) is 21.7 Å². The molecule has 0 bridgehead atoms. The van der Waals surface area contributed by atoms with Crippen molar-refractivity contribution in [1.29, 1.82) is 0 Å². The average molecular weight is 444 g/mol. The van der Waals surface area contributed by atoms with Gasteiger partial charge in [0.25, 0.3) is 0 Å². The van der Waals surface area contributed by atoms with Crippen LogP contribution in [0.15, 0.2) is 82.6 Å². The second-order valence-electron chi connectivity index (χ2n) is 5.88. The Morgan fingerprint density at radius 2 is 1.06 bits per heavy atom. The van der Waals surface area contributed by atoms with Gasteiger partial charge in [-0.15, -0.1) is 0 Å². The molecule has 4 N–H and O–H groups in total. The summed E-state index contributed by atoms with van der Waals surface area (Å²) in [5.74, 6) is -4.12. The minimum absolute atomic E-state index is 0.129. The summed E-state index contributed by atoms with van der Waals surface area (Å²) in [6, 6.07) is 10.6. The third-order valence-corrected chi connectivity index (χ3v) is 5.33. The molecule has 0 heterocycles. The summed E-state index contributed by atoms with van der Waals surface area (Å²) in [7, 11) is -4.03. The summed E-state index contributed by atoms with van der Waals surface area (Å²) in [4.78, 5) is 44.0. The maximum Gasteiger partial charge on any atom is 0.328 e. The summed E-state index contributed by atoms with van der Waals surface area (Å²) in [5.41, 5.74) is 0.258. The molecule has 160 valence electrons. The van der Waals surface area contributed by atoms with Gasteiger partial charge in [-0.3, -0.25) is 9.59 Å². The number of anilines is 2. The van der Waals surface area contributed by atoms with Gasteiger partial charge in [-0.05, 0) is 36.4 Å². The lowest BCUT2D eigenvalue weighted by atomic mass is 10.3. The zero-order valence-corrected chi connectivity index (χ0v) is 16.5. The van der Waals surface area contributed by atoms with Crippen LogP contribution < -0.4 is 10.6 Å². The quantitative estimate of drug-likeness (QED) is 0.446. The lowest BCUT2D eigenvalue weighted by Crippen LogP contribution is -2.11. The number of hydrogen-bond donors (Lipinski definition) is 4. The van der Waals surface area contributed by atoms with Crippen LogP contribution in [0.5, 0.6) is 0 Å². The molecule has 0 radical (unpaired) electrons. The fraction of sp³-hybridized carbons (Fsp3) is 0. The van der Waals surface area contributed by atoms with Crippen LogP contribution in [-0.4, -0.2) is 42.4 Å². The first kappa shape index (κ1) is 23.0. The highest BCUT2D eigenvalue weighted by molar-refractivity contribution is 7.91. The van der Waals surface area contributed by atoms with Gasteiger partial charge in [0.05, 0.1) is 9.79 Å². The number of benzene rings is 2. The molecule has 11 heteroatoms. The molecular weight excluding hydrogens is 428 g/mol. The molecule has 2 aromatic carbocycles. The largest absolute Gasteiger partial charge is 0.478 e. The van der Waals surface area contributed by atoms with Crippen molar-refractivity contribution in [3.05, 3.63) is 72.8 Å². The van der Waals surface area contributed by atoms with Crippen molar-refractivity contribution in [2.45, 2.75) is 9.79 Å². The molecule has 0 spiro atoms. The Kier molecular flexibility index (Phi) is 7.42. The highest BCUT2D eigenvalue weighted by atomic mass is 32.2. The van der Waals surface area contributed by atoms with Gasteiger partial charge in [-0.1, -0.05) is 12.1 Å². The summed E-state index contributed by atoms with van der Waals surface area (Å²) in [5, 5.41) is 21.8. The van der Waals surface area contributed by atoms with Crippen LogP contribution in [0.1, 0.15) is 0 Å². The van der Waals surface area contributed by atoms with E-state index < -0.39 is 33.6 Å². The predicted molar refractivity (Wildman–Crippen MR) is 109 cm³/mol. The summed E-state index contributed by atoms with van der Waals surface area (Å²) < 4.78 is 25.9. The van der Waals surface area contributed by atoms with Gasteiger partial charge in [0.15, 0.2) is 0 Å². The Bertz CT molecular complexity index is 1110. The first-order valence-corrected chi connectivity index (χ1v) is 9.95. The van der Waals surface area contributed by atoms with E-state index in [1.54, 1.807) is 0 Å². The van der Waals surface area contributed by atoms with Crippen molar-refractivity contribution in [2.24, 2.45) is 0 Å². The molecule has 0 saturated heterocycles. The van der Waals surface area contributed by atoms with Crippen LogP contribution in [0, 0.1) is 0 Å². The highest BCUT2D eigenvalue weighted by Crippen LogP contribution is 2.25. The number of hydrogen-bond acceptors (Lipinski definition) is 6. The van der Waals surface area contributed by atoms with Crippen LogP contribution in [0.25, 0.3) is 0 Å². The summed E-state index contributed by atoms with van der Waals surface area (Å²) >= 11 is 0. The molecule has 2 rings (SSSR count). The van der Waals surface area contributed by atoms with Crippen molar-refractivity contribution in [2.75, 3.05) is 10.6 Å². The van der Waals surface area contributed by atoms with E-state index in [2.05, 4.69) is 10.6 Å². The Labute approximate surface area is 176 Å². The Balaban J connectivity index is 2.26. The molecule has 0 aromatic heterocycles. The Hall–Kier alpha value is -4.25. The monoisotopic (exact) mass is 444 g/mol. The van der Waals surface area contributed by atoms with E-state index in [0.29, 0.717) is 12.2 Å². The molecule has 0 fully saturated rings. The zero-order valence-electron chi connectivity index (χ0n) is 15.7. The van der Waals surface area contributed by atoms with E-state index in [4.69, 9.17) is 10.2 Å². The van der Waals surface area contributed by atoms with Crippen molar-refractivity contribution in [1.82, 2.24) is 0 Å². The maximum absolute atomic E-state index is 12.9. The van der Waals surface area contributed by atoms with Gasteiger partial charge in [0, 0.05) is 35.7 Å². The first-order chi connectivity index (χ1) is 14.6. The minimum atomic E-state index is -4.03. The van der Waals surface area contributed by atoms with Crippen molar-refractivity contribution in [3.63, 3.8) is 0 Å². The molecule has 0 aliphatic carbocycles. The van der Waals surface area contributed by atoms with Gasteiger partial charge < -0.3 is 20.8 Å². The van der Waals surface area contributed by atoms with Crippen molar-refractivity contribution in [3.8, 4) is 0 Å². The number of nitrogens with one attached hydrogen (secondary N) is 2. The van der Waals surface area contributed by atoms with Gasteiger partial charge in [0.1, 0.15) is 0 Å². The third kappa shape index (κ3) is 6.94. The number of amides is 2. The van der Waals surface area contributed by atoms with Gasteiger partial charge in [-0.2, -0.15) is 0 Å². The molecule has 0 atom stereocenters. The number of aliphatic carboxylic acids is 2. The molecule has 31 heavy (non-hydrogen) atoms. The zero-order chi connectivity index (χ0) is 23.0. The van der Waals surface area contributed by atoms with Crippen LogP contribution in [0.3, 0.4) is 0 Å². The third-order valence-electron chi connectivity index (χ3n) is 3.58. The normalized spacial score (nSPS) is 11.4. The maximum atomic E-state index is 12.9. The van der Waals surface area contributed by atoms with E-state index in [1.165, 1.54) is 48.5 Å². The van der Waals surface area contributed by atoms with Crippen LogP contribution in [-0.2, 0) is 29.0 Å². The van der Waals surface area contributed by atoms with Crippen LogP contribution in [0.4, 0.5) is 11.4 Å². The van der Waals surface area contributed by atoms with E-state index in [1.807, 2.05) is 0 Å². The molecular formula is C20H16N2O8S. The summed E-state index contributed by atoms with van der Waals surface area (Å²) in [6.07, 6.45) is 2.85. The Morgan fingerprint density at radius 1 is 0.677 bits per heavy atom. The lowest BCUT2D eigenvalue weighted by molar-refractivity contribution is -0.132. The smallest absolute Gasteiger partial charge is 0.328 e. The number of rotatable bonds is 8. The van der Waals surface area contributed by atoms with Crippen LogP contribution >= 0.6 is 0 Å². The van der Waals surface area contributed by atoms with E-state index >= 15 is 0 Å². The average Bonchev–Trinajstić information content (AvgIpc) is 2.71. The number of carboxylic acid groups (broad SMARTS) is 2. The minimum Gasteiger partial charge on any atom is -0.478 e. The second kappa shape index (κ2) is 9.98. The Morgan fingerprint density at radius 3 is 1.42 bits per heavy atom. The molecule has 2 amide bonds. The first-order valence-electron chi connectivity index (χ1n) is 8.47. The molecule has 10 nitrogen and oxygen atoms in total. The van der Waals surface area contributed by atoms with E-state index in [9.17, 15) is 27.6 Å². The predicted octanol–water partition coefficient (Wildman–Crippen LogP) is 1.68. The standard InChI is InChI=1S/C20H16N2O8S/c23-17(7-9-19(25)26)21-13-3-1-5-15(11-13)31(29,30)16-6-2-4-14(12-16)22-18(24)8-10-20(27)28/h1-12H,(H,21,23)(H,22,24)(H,25,26)(H,27,28)/b9-7+,10-8+. The van der Waals surface area contributed by atoms with Crippen molar-refractivity contribution < 1.29 is 37.8 Å². The molecule has 0 aliphatic rings. The van der Waals surface area contributed by atoms with E-state index in [0.717, 1.165) is 12.2 Å². The number of carbonyl (C=O) groups is 4. The highest BCUT2D eigenvalue weighted by Gasteiger charge is 2.19. The van der Waals surface area contributed by atoms with E-state index in [-0.39, 0.29) is 21.2 Å². The number of carboxylic acids is 2. The summed E-state index contributed by atoms with van der Waals surface area (Å²) in [6.45, 7) is 0. The molecule has 0 aliphatic heterocycles. The SMILES string of the molecule is O=C(O)/C=C/C(=O)Nc1cccc(S(=O)(=O)c2cccc(NC(=O)/C=C/C(=O)O)c2)c1. The second-order valence-corrected chi connectivity index (χ2v) is 7.83. The van der Waals surface area contributed by atoms with Crippen molar-refractivity contribution >= 4 is 45.0 Å². The molecule has 0 unspecified atom stereocenters. The lowest BCUT2D eigenvalue weighted by Gasteiger charge is -2.09. The molecule has 0 saturated carbocycles. The van der Waals surface area contributed by atoms with Crippen LogP contribution in [0.2, 0.25) is 0 Å². The van der Waals surface area contributed by atoms with Gasteiger partial charge in [-0.25, -0.2) is 18.0 Å². The fourth-order valence-corrected chi connectivity index (χ4v) is 3.63. The number of carbonyl (C=O) groups excluding carboxylic acids is 2.